The topological polar surface area (TPSA) is 214 Å². The molecule has 6 aliphatic rings. The number of hydrogen-bond acceptors (Lipinski definition) is 11. The third kappa shape index (κ3) is 10.6. The van der Waals surface area contributed by atoms with Crippen LogP contribution in [0.2, 0.25) is 0 Å². The number of aliphatic hydroxyl groups is 2. The first-order valence-electron chi connectivity index (χ1n) is 29.3. The third-order valence-corrected chi connectivity index (χ3v) is 18.3. The van der Waals surface area contributed by atoms with Crippen molar-refractivity contribution in [1.29, 1.82) is 0 Å². The first-order valence-corrected chi connectivity index (χ1v) is 29.3. The number of aromatic hydroxyl groups is 1. The maximum atomic E-state index is 15.3. The number of aromatic amines is 1. The number of benzene rings is 5. The summed E-state index contributed by atoms with van der Waals surface area (Å²) in [6.45, 7) is 3.29. The molecule has 2 saturated carbocycles. The van der Waals surface area contributed by atoms with Crippen LogP contribution < -0.4 is 41.3 Å². The van der Waals surface area contributed by atoms with Crippen molar-refractivity contribution in [2.45, 2.75) is 113 Å². The number of nitrogens with two attached hydrogens (primary N) is 2. The SMILES string of the molecule is CCc1cc2c([nH]1)N1CCN[C@@H]3C#C[C@H](Cc4cccc-2c4)c2c(c(OC)c(OCC[C@@H](O)/C=C/c4ccccc4)c4c(=O)cc(-c5ccc(O)cc5)oc24)OC[C@H](CO)Cc2ccc(cc2N=C(N)N)C2(CCC4(CCCC4)CC2)[C@H]31. The molecule has 1 saturated heterocycles. The highest BCUT2D eigenvalue weighted by molar-refractivity contribution is 5.94. The summed E-state index contributed by atoms with van der Waals surface area (Å²) in [7, 11) is 1.52. The van der Waals surface area contributed by atoms with Crippen LogP contribution in [-0.2, 0) is 24.7 Å². The summed E-state index contributed by atoms with van der Waals surface area (Å²) in [4.78, 5) is 26.7. The van der Waals surface area contributed by atoms with E-state index in [2.05, 4.69) is 82.5 Å². The Labute approximate surface area is 479 Å². The Balaban J connectivity index is 1.13. The molecule has 0 radical (unpaired) electrons. The van der Waals surface area contributed by atoms with E-state index in [0.29, 0.717) is 41.6 Å². The fraction of sp³-hybridized carbons (Fsp3) is 0.382. The number of guanidine groups is 1. The van der Waals surface area contributed by atoms with E-state index in [-0.39, 0.29) is 84.0 Å². The van der Waals surface area contributed by atoms with Crippen molar-refractivity contribution in [2.75, 3.05) is 44.9 Å². The molecule has 5 aromatic carbocycles. The van der Waals surface area contributed by atoms with E-state index in [4.69, 9.17) is 35.1 Å². The molecular weight excluding hydrogens is 1030 g/mol. The van der Waals surface area contributed by atoms with Gasteiger partial charge in [0.1, 0.15) is 22.7 Å². The van der Waals surface area contributed by atoms with E-state index in [0.717, 1.165) is 83.5 Å². The number of anilines is 1. The summed E-state index contributed by atoms with van der Waals surface area (Å²) in [5.74, 6) is 8.50. The number of rotatable bonds is 11. The number of aromatic nitrogens is 1. The number of hydrogen-bond donors (Lipinski definition) is 7. The highest BCUT2D eigenvalue weighted by Gasteiger charge is 2.54. The average molecular weight is 1100 g/mol. The average Bonchev–Trinajstić information content (AvgIpc) is 2.61. The predicted octanol–water partition coefficient (Wildman–Crippen LogP) is 10.6. The molecule has 0 amide bonds. The molecule has 0 unspecified atom stereocenters. The minimum atomic E-state index is -0.886. The number of aliphatic hydroxyl groups excluding tert-OH is 2. The molecule has 2 aromatic heterocycles. The van der Waals surface area contributed by atoms with E-state index in [9.17, 15) is 15.3 Å². The molecule has 3 fully saturated rings. The third-order valence-electron chi connectivity index (χ3n) is 18.3. The fourth-order valence-electron chi connectivity index (χ4n) is 14.1. The van der Waals surface area contributed by atoms with Gasteiger partial charge < -0.3 is 60.6 Å². The molecule has 6 heterocycles. The number of nitrogens with one attached hydrogen (secondary N) is 2. The van der Waals surface area contributed by atoms with Crippen molar-refractivity contribution in [3.8, 4) is 57.3 Å². The van der Waals surface area contributed by atoms with Gasteiger partial charge in [-0.25, -0.2) is 4.99 Å². The van der Waals surface area contributed by atoms with Gasteiger partial charge in [0.05, 0.1) is 55.7 Å². The summed E-state index contributed by atoms with van der Waals surface area (Å²) >= 11 is 0. The molecule has 14 heteroatoms. The molecular formula is C68H74N6O8. The number of fused-ring (bicyclic) bond motifs is 11. The number of piperazine rings is 1. The Morgan fingerprint density at radius 3 is 2.48 bits per heavy atom. The van der Waals surface area contributed by atoms with Crippen LogP contribution in [0.1, 0.15) is 104 Å². The first kappa shape index (κ1) is 54.6. The highest BCUT2D eigenvalue weighted by atomic mass is 16.5. The number of aryl methyl sites for hydroxylation is 1. The van der Waals surface area contributed by atoms with Crippen LogP contribution in [0.4, 0.5) is 11.5 Å². The van der Waals surface area contributed by atoms with E-state index < -0.39 is 28.8 Å². The minimum Gasteiger partial charge on any atom is -0.508 e. The Morgan fingerprint density at radius 2 is 1.72 bits per heavy atom. The maximum absolute atomic E-state index is 15.3. The monoisotopic (exact) mass is 1100 g/mol. The number of phenols is 1. The Hall–Kier alpha value is -7.96. The Kier molecular flexibility index (Phi) is 15.4. The molecule has 4 aliphatic heterocycles. The van der Waals surface area contributed by atoms with Crippen molar-refractivity contribution in [3.05, 3.63) is 159 Å². The van der Waals surface area contributed by atoms with Crippen molar-refractivity contribution in [1.82, 2.24) is 10.3 Å². The number of aliphatic imine (C=N–C) groups is 1. The van der Waals surface area contributed by atoms with Gasteiger partial charge >= 0.3 is 0 Å². The van der Waals surface area contributed by atoms with Gasteiger partial charge in [-0.2, -0.15) is 0 Å². The van der Waals surface area contributed by atoms with Crippen LogP contribution >= 0.6 is 0 Å². The van der Waals surface area contributed by atoms with Gasteiger partial charge in [0.15, 0.2) is 28.5 Å². The molecule has 82 heavy (non-hydrogen) atoms. The second-order valence-corrected chi connectivity index (χ2v) is 23.3. The molecule has 5 atom stereocenters. The molecule has 2 spiro atoms. The summed E-state index contributed by atoms with van der Waals surface area (Å²) in [5.41, 5.74) is 21.2. The van der Waals surface area contributed by atoms with Gasteiger partial charge in [-0.15, -0.1) is 0 Å². The summed E-state index contributed by atoms with van der Waals surface area (Å²) < 4.78 is 27.4. The van der Waals surface area contributed by atoms with Crippen molar-refractivity contribution in [2.24, 2.45) is 27.8 Å². The summed E-state index contributed by atoms with van der Waals surface area (Å²) in [5, 5.41) is 37.2. The van der Waals surface area contributed by atoms with Crippen molar-refractivity contribution in [3.63, 3.8) is 0 Å². The van der Waals surface area contributed by atoms with Crippen LogP contribution in [0.5, 0.6) is 23.0 Å². The molecule has 7 aromatic rings. The number of phenolic OH excluding ortho intramolecular Hbond substituents is 1. The van der Waals surface area contributed by atoms with Gasteiger partial charge in [-0.1, -0.05) is 110 Å². The van der Waals surface area contributed by atoms with Crippen LogP contribution in [-0.4, -0.2) is 84.5 Å². The van der Waals surface area contributed by atoms with Gasteiger partial charge in [-0.05, 0) is 127 Å². The van der Waals surface area contributed by atoms with Crippen LogP contribution in [0.25, 0.3) is 39.5 Å². The Bertz CT molecular complexity index is 3650. The lowest BCUT2D eigenvalue weighted by Gasteiger charge is -2.56. The van der Waals surface area contributed by atoms with E-state index in [1.807, 2.05) is 36.4 Å². The highest BCUT2D eigenvalue weighted by Crippen LogP contribution is 2.58. The lowest BCUT2D eigenvalue weighted by molar-refractivity contribution is 0.101. The molecule has 424 valence electrons. The zero-order valence-corrected chi connectivity index (χ0v) is 46.9. The maximum Gasteiger partial charge on any atom is 0.204 e. The standard InChI is InChI=1S/C68H74N6O8/c1-3-50-38-53-46-13-9-12-43(34-46)35-48-18-23-54-64(74(32-31-71-54)65(53)72-50)68(29-27-67(28-30-68)25-7-8-26-67)49-19-15-47(55(37-49)73-66(69)70)36-44(40-75)41-81-61-58(48)60-59(56(78)39-57(82-60)45-16-21-51(76)22-17-45)62(63(61)79-2)80-33-24-52(77)20-14-42-10-5-4-6-11-42/h4-6,9-17,19-22,34,37-39,44,48,52,54,64,71-72,75-77H,3,7-8,24-33,35-36,40-41H2,1-2H3,(H4,69,70,73)/b20-14+/t44-,48+,52-,54+,64-/m0/s1. The number of nitrogens with zero attached hydrogens (tertiary/aromatic N) is 2. The smallest absolute Gasteiger partial charge is 0.204 e. The van der Waals surface area contributed by atoms with E-state index >= 15 is 4.79 Å². The summed E-state index contributed by atoms with van der Waals surface area (Å²) in [6, 6.07) is 34.7. The zero-order chi connectivity index (χ0) is 56.5. The van der Waals surface area contributed by atoms with Gasteiger partial charge in [-0.3, -0.25) is 4.79 Å². The van der Waals surface area contributed by atoms with Gasteiger partial charge in [0.2, 0.25) is 5.75 Å². The van der Waals surface area contributed by atoms with Gasteiger partial charge in [0.25, 0.3) is 0 Å². The zero-order valence-electron chi connectivity index (χ0n) is 46.9. The quantitative estimate of drug-likeness (QED) is 0.0366. The molecule has 9 N–H and O–H groups in total. The summed E-state index contributed by atoms with van der Waals surface area (Å²) in [6.07, 6.45) is 13.4. The number of methoxy groups -OCH3 is 1. The molecule has 14 nitrogen and oxygen atoms in total. The van der Waals surface area contributed by atoms with Crippen LogP contribution in [0.15, 0.2) is 129 Å². The second kappa shape index (κ2) is 23.1. The molecule has 2 aliphatic carbocycles. The first-order chi connectivity index (χ1) is 39.9. The molecule has 13 rings (SSSR count). The lowest BCUT2D eigenvalue weighted by Crippen LogP contribution is -2.66. The number of H-pyrrole nitrogens is 1. The van der Waals surface area contributed by atoms with E-state index in [1.54, 1.807) is 30.3 Å². The number of ether oxygens (including phenoxy) is 3. The lowest BCUT2D eigenvalue weighted by atomic mass is 9.56. The minimum absolute atomic E-state index is 0.0163. The molecule has 8 bridgehead atoms. The largest absolute Gasteiger partial charge is 0.508 e. The Morgan fingerprint density at radius 1 is 0.915 bits per heavy atom. The van der Waals surface area contributed by atoms with Crippen molar-refractivity contribution < 1.29 is 33.9 Å². The normalized spacial score (nSPS) is 21.0. The second-order valence-electron chi connectivity index (χ2n) is 23.3. The van der Waals surface area contributed by atoms with Gasteiger partial charge in [0, 0.05) is 60.3 Å². The van der Waals surface area contributed by atoms with Crippen LogP contribution in [0.3, 0.4) is 0 Å². The predicted molar refractivity (Wildman–Crippen MR) is 323 cm³/mol. The fourth-order valence-corrected chi connectivity index (χ4v) is 14.1. The van der Waals surface area contributed by atoms with E-state index in [1.165, 1.54) is 38.9 Å². The van der Waals surface area contributed by atoms with Crippen LogP contribution in [0, 0.1) is 23.2 Å². The van der Waals surface area contributed by atoms with Crippen molar-refractivity contribution >= 4 is 34.5 Å².